The molecule has 0 aliphatic rings. The fourth-order valence-corrected chi connectivity index (χ4v) is 3.31. The van der Waals surface area contributed by atoms with Gasteiger partial charge >= 0.3 is 0 Å². The molecule has 0 heterocycles. The molecule has 0 fully saturated rings. The first-order valence-corrected chi connectivity index (χ1v) is 12.0. The van der Waals surface area contributed by atoms with Crippen LogP contribution in [-0.4, -0.2) is 44.7 Å². The van der Waals surface area contributed by atoms with Gasteiger partial charge in [0.15, 0.2) is 5.78 Å². The molecular weight excluding hydrogens is 366 g/mol. The molecule has 1 N–H and O–H groups in total. The van der Waals surface area contributed by atoms with Crippen LogP contribution in [0.25, 0.3) is 0 Å². The topological polar surface area (TPSA) is 64.6 Å². The largest absolute Gasteiger partial charge is 0.381 e. The van der Waals surface area contributed by atoms with Gasteiger partial charge in [0.05, 0.1) is 0 Å². The zero-order valence-electron chi connectivity index (χ0n) is 19.6. The van der Waals surface area contributed by atoms with E-state index in [2.05, 4.69) is 26.1 Å². The van der Waals surface area contributed by atoms with Crippen LogP contribution in [0.2, 0.25) is 0 Å². The number of rotatable bonds is 21. The molecule has 172 valence electrons. The average molecular weight is 414 g/mol. The quantitative estimate of drug-likeness (QED) is 0.259. The zero-order valence-corrected chi connectivity index (χ0v) is 19.6. The van der Waals surface area contributed by atoms with Crippen molar-refractivity contribution >= 4 is 11.7 Å². The minimum Gasteiger partial charge on any atom is -0.381 e. The maximum atomic E-state index is 11.8. The van der Waals surface area contributed by atoms with Gasteiger partial charge in [-0.2, -0.15) is 0 Å². The molecule has 0 radical (unpaired) electrons. The van der Waals surface area contributed by atoms with Crippen LogP contribution in [0.5, 0.6) is 0 Å². The number of hydrogen-bond acceptors (Lipinski definition) is 4. The first-order valence-electron chi connectivity index (χ1n) is 12.0. The molecule has 0 rings (SSSR count). The highest BCUT2D eigenvalue weighted by Gasteiger charge is 2.11. The van der Waals surface area contributed by atoms with Crippen LogP contribution >= 0.6 is 0 Å². The van der Waals surface area contributed by atoms with Crippen molar-refractivity contribution in [1.29, 1.82) is 0 Å². The molecule has 1 amide bonds. The molecule has 2 unspecified atom stereocenters. The van der Waals surface area contributed by atoms with Gasteiger partial charge in [0.25, 0.3) is 0 Å². The van der Waals surface area contributed by atoms with Gasteiger partial charge in [-0.3, -0.25) is 9.59 Å². The average Bonchev–Trinajstić information content (AvgIpc) is 2.68. The second-order valence-electron chi connectivity index (χ2n) is 8.39. The Labute approximate surface area is 179 Å². The third-order valence-corrected chi connectivity index (χ3v) is 5.20. The smallest absolute Gasteiger partial charge is 0.220 e. The normalized spacial score (nSPS) is 13.2. The van der Waals surface area contributed by atoms with E-state index in [1.165, 1.54) is 0 Å². The van der Waals surface area contributed by atoms with Crippen molar-refractivity contribution in [2.24, 2.45) is 11.8 Å². The summed E-state index contributed by atoms with van der Waals surface area (Å²) in [7, 11) is 0. The molecule has 0 aromatic heterocycles. The van der Waals surface area contributed by atoms with Crippen molar-refractivity contribution in [3.05, 3.63) is 0 Å². The molecule has 29 heavy (non-hydrogen) atoms. The molecule has 0 bridgehead atoms. The van der Waals surface area contributed by atoms with E-state index in [1.54, 1.807) is 0 Å². The Bertz CT molecular complexity index is 400. The van der Waals surface area contributed by atoms with Crippen molar-refractivity contribution < 1.29 is 19.1 Å². The maximum Gasteiger partial charge on any atom is 0.220 e. The van der Waals surface area contributed by atoms with E-state index in [4.69, 9.17) is 9.47 Å². The molecule has 0 aliphatic heterocycles. The second-order valence-corrected chi connectivity index (χ2v) is 8.39. The summed E-state index contributed by atoms with van der Waals surface area (Å²) in [5, 5.41) is 3.01. The maximum absolute atomic E-state index is 11.8. The summed E-state index contributed by atoms with van der Waals surface area (Å²) in [6.45, 7) is 11.7. The third-order valence-electron chi connectivity index (χ3n) is 5.20. The molecule has 2 atom stereocenters. The van der Waals surface area contributed by atoms with Gasteiger partial charge in [0, 0.05) is 38.7 Å². The number of ether oxygens (including phenoxy) is 2. The molecular formula is C24H47NO4. The van der Waals surface area contributed by atoms with Crippen LogP contribution in [0.3, 0.4) is 0 Å². The standard InChI is InChI=1S/C24H47NO4/c1-5-13-21(3)19-24(27)25-15-9-7-10-16-28-17-11-8-12-18-29-20-23(26)22(4)14-6-2/h21-22H,5-20H2,1-4H3,(H,25,27). The second kappa shape index (κ2) is 20.3. The molecule has 0 saturated carbocycles. The van der Waals surface area contributed by atoms with E-state index in [1.807, 2.05) is 6.92 Å². The van der Waals surface area contributed by atoms with Crippen LogP contribution in [0.4, 0.5) is 0 Å². The molecule has 5 nitrogen and oxygen atoms in total. The number of nitrogens with one attached hydrogen (secondary N) is 1. The highest BCUT2D eigenvalue weighted by atomic mass is 16.5. The van der Waals surface area contributed by atoms with E-state index < -0.39 is 0 Å². The zero-order chi connectivity index (χ0) is 21.7. The van der Waals surface area contributed by atoms with Gasteiger partial charge in [0.1, 0.15) is 6.61 Å². The molecule has 0 aromatic carbocycles. The summed E-state index contributed by atoms with van der Waals surface area (Å²) in [4.78, 5) is 23.5. The Morgan fingerprint density at radius 3 is 2.00 bits per heavy atom. The van der Waals surface area contributed by atoms with Crippen LogP contribution in [0, 0.1) is 11.8 Å². The summed E-state index contributed by atoms with van der Waals surface area (Å²) in [5.74, 6) is 1.02. The number of carbonyl (C=O) groups excluding carboxylic acids is 2. The van der Waals surface area contributed by atoms with Gasteiger partial charge in [-0.15, -0.1) is 0 Å². The summed E-state index contributed by atoms with van der Waals surface area (Å²) >= 11 is 0. The van der Waals surface area contributed by atoms with Gasteiger partial charge < -0.3 is 14.8 Å². The number of Topliss-reactive ketones (excluding diaryl/α,β-unsaturated/α-hetero) is 1. The van der Waals surface area contributed by atoms with Gasteiger partial charge in [-0.05, 0) is 50.9 Å². The van der Waals surface area contributed by atoms with E-state index >= 15 is 0 Å². The SMILES string of the molecule is CCCC(C)CC(=O)NCCCCCOCCCCCOCC(=O)C(C)CCC. The Kier molecular flexibility index (Phi) is 19.7. The van der Waals surface area contributed by atoms with E-state index in [9.17, 15) is 9.59 Å². The fourth-order valence-electron chi connectivity index (χ4n) is 3.31. The van der Waals surface area contributed by atoms with Crippen molar-refractivity contribution in [3.8, 4) is 0 Å². The Hall–Kier alpha value is -0.940. The van der Waals surface area contributed by atoms with Crippen molar-refractivity contribution in [1.82, 2.24) is 5.32 Å². The molecule has 0 aromatic rings. The Morgan fingerprint density at radius 1 is 0.793 bits per heavy atom. The van der Waals surface area contributed by atoms with Crippen LogP contribution in [0.15, 0.2) is 0 Å². The van der Waals surface area contributed by atoms with Crippen LogP contribution < -0.4 is 5.32 Å². The number of amides is 1. The first-order chi connectivity index (χ1) is 14.0. The lowest BCUT2D eigenvalue weighted by Crippen LogP contribution is -2.26. The van der Waals surface area contributed by atoms with Crippen LogP contribution in [0.1, 0.15) is 98.3 Å². The fraction of sp³-hybridized carbons (Fsp3) is 0.917. The number of ketones is 1. The number of unbranched alkanes of at least 4 members (excludes halogenated alkanes) is 4. The number of hydrogen-bond donors (Lipinski definition) is 1. The summed E-state index contributed by atoms with van der Waals surface area (Å²) < 4.78 is 11.1. The molecule has 0 saturated heterocycles. The number of carbonyl (C=O) groups is 2. The minimum absolute atomic E-state index is 0.124. The van der Waals surface area contributed by atoms with Gasteiger partial charge in [0.2, 0.25) is 5.91 Å². The summed E-state index contributed by atoms with van der Waals surface area (Å²) in [6.07, 6.45) is 11.1. The van der Waals surface area contributed by atoms with Gasteiger partial charge in [-0.25, -0.2) is 0 Å². The van der Waals surface area contributed by atoms with E-state index in [0.717, 1.165) is 84.0 Å². The van der Waals surface area contributed by atoms with Crippen molar-refractivity contribution in [3.63, 3.8) is 0 Å². The predicted octanol–water partition coefficient (Wildman–Crippen LogP) is 5.31. The molecule has 0 aliphatic carbocycles. The highest BCUT2D eigenvalue weighted by molar-refractivity contribution is 5.81. The highest BCUT2D eigenvalue weighted by Crippen LogP contribution is 2.09. The lowest BCUT2D eigenvalue weighted by molar-refractivity contribution is -0.127. The monoisotopic (exact) mass is 413 g/mol. The summed E-state index contributed by atoms with van der Waals surface area (Å²) in [5.41, 5.74) is 0. The van der Waals surface area contributed by atoms with Crippen molar-refractivity contribution in [2.75, 3.05) is 33.0 Å². The summed E-state index contributed by atoms with van der Waals surface area (Å²) in [6, 6.07) is 0. The Morgan fingerprint density at radius 2 is 1.38 bits per heavy atom. The minimum atomic E-state index is 0.124. The lowest BCUT2D eigenvalue weighted by Gasteiger charge is -2.10. The van der Waals surface area contributed by atoms with Gasteiger partial charge in [-0.1, -0.05) is 47.0 Å². The first kappa shape index (κ1) is 28.1. The van der Waals surface area contributed by atoms with E-state index in [-0.39, 0.29) is 24.2 Å². The van der Waals surface area contributed by atoms with Crippen molar-refractivity contribution in [2.45, 2.75) is 98.3 Å². The van der Waals surface area contributed by atoms with E-state index in [0.29, 0.717) is 18.9 Å². The molecule has 5 heteroatoms. The predicted molar refractivity (Wildman–Crippen MR) is 120 cm³/mol. The van der Waals surface area contributed by atoms with Crippen LogP contribution in [-0.2, 0) is 19.1 Å². The Balaban J connectivity index is 3.28. The molecule has 0 spiro atoms. The third kappa shape index (κ3) is 18.8. The lowest BCUT2D eigenvalue weighted by atomic mass is 10.0.